The standard InChI is InChI=1S/C8H11NO2S/c1-2-11-7-5-3-4-6-8(7)12(9)10/h3-6H,2,9H2,1H3/t12-/m1/s1. The Morgan fingerprint density at radius 2 is 2.17 bits per heavy atom. The van der Waals surface area contributed by atoms with Crippen LogP contribution in [-0.4, -0.2) is 10.8 Å². The second kappa shape index (κ2) is 4.23. The minimum absolute atomic E-state index is 0.541. The normalized spacial score (nSPS) is 12.5. The number of nitrogens with two attached hydrogens (primary N) is 1. The van der Waals surface area contributed by atoms with E-state index in [-0.39, 0.29) is 0 Å². The van der Waals surface area contributed by atoms with Crippen LogP contribution in [0, 0.1) is 0 Å². The fraction of sp³-hybridized carbons (Fsp3) is 0.250. The molecule has 0 saturated heterocycles. The van der Waals surface area contributed by atoms with Crippen LogP contribution in [0.25, 0.3) is 0 Å². The molecule has 0 saturated carbocycles. The Kier molecular flexibility index (Phi) is 3.25. The van der Waals surface area contributed by atoms with Gasteiger partial charge in [0.2, 0.25) is 0 Å². The van der Waals surface area contributed by atoms with Gasteiger partial charge in [0.05, 0.1) is 11.5 Å². The SMILES string of the molecule is CCOc1ccccc1[S@](N)=O. The lowest BCUT2D eigenvalue weighted by Crippen LogP contribution is -2.05. The molecular weight excluding hydrogens is 174 g/mol. The second-order valence-corrected chi connectivity index (χ2v) is 3.21. The van der Waals surface area contributed by atoms with Crippen molar-refractivity contribution in [1.82, 2.24) is 0 Å². The summed E-state index contributed by atoms with van der Waals surface area (Å²) in [6.07, 6.45) is 0. The molecule has 12 heavy (non-hydrogen) atoms. The summed E-state index contributed by atoms with van der Waals surface area (Å²) in [4.78, 5) is 0.541. The van der Waals surface area contributed by atoms with Crippen molar-refractivity contribution < 1.29 is 8.95 Å². The molecule has 0 bridgehead atoms. The third kappa shape index (κ3) is 2.06. The van der Waals surface area contributed by atoms with Gasteiger partial charge in [-0.15, -0.1) is 0 Å². The molecule has 2 N–H and O–H groups in total. The fourth-order valence-electron chi connectivity index (χ4n) is 0.891. The van der Waals surface area contributed by atoms with Crippen LogP contribution in [-0.2, 0) is 11.0 Å². The average Bonchev–Trinajstić information content (AvgIpc) is 2.05. The van der Waals surface area contributed by atoms with Crippen LogP contribution in [0.4, 0.5) is 0 Å². The van der Waals surface area contributed by atoms with Gasteiger partial charge >= 0.3 is 0 Å². The summed E-state index contributed by atoms with van der Waals surface area (Å²) in [7, 11) is -1.47. The van der Waals surface area contributed by atoms with E-state index in [1.807, 2.05) is 13.0 Å². The Bertz CT molecular complexity index is 288. The van der Waals surface area contributed by atoms with Crippen molar-refractivity contribution in [1.29, 1.82) is 0 Å². The molecule has 0 aliphatic carbocycles. The first-order valence-electron chi connectivity index (χ1n) is 3.63. The van der Waals surface area contributed by atoms with Gasteiger partial charge in [-0.25, -0.2) is 9.35 Å². The van der Waals surface area contributed by atoms with Gasteiger partial charge in [0.15, 0.2) is 0 Å². The first-order chi connectivity index (χ1) is 5.75. The maximum absolute atomic E-state index is 10.9. The Morgan fingerprint density at radius 3 is 2.75 bits per heavy atom. The minimum atomic E-state index is -1.47. The molecule has 1 aromatic rings. The van der Waals surface area contributed by atoms with Crippen LogP contribution in [0.3, 0.4) is 0 Å². The van der Waals surface area contributed by atoms with E-state index in [1.54, 1.807) is 18.2 Å². The molecule has 66 valence electrons. The lowest BCUT2D eigenvalue weighted by atomic mass is 10.3. The molecule has 4 heteroatoms. The maximum Gasteiger partial charge on any atom is 0.136 e. The Hall–Kier alpha value is -0.870. The molecule has 0 amide bonds. The number of hydrogen-bond acceptors (Lipinski definition) is 2. The van der Waals surface area contributed by atoms with Crippen molar-refractivity contribution >= 4 is 11.0 Å². The molecule has 0 radical (unpaired) electrons. The third-order valence-corrected chi connectivity index (χ3v) is 2.14. The van der Waals surface area contributed by atoms with Gasteiger partial charge in [0.25, 0.3) is 0 Å². The molecule has 0 aliphatic heterocycles. The van der Waals surface area contributed by atoms with E-state index in [0.717, 1.165) is 0 Å². The van der Waals surface area contributed by atoms with Gasteiger partial charge in [-0.1, -0.05) is 12.1 Å². The second-order valence-electron chi connectivity index (χ2n) is 2.18. The first-order valence-corrected chi connectivity index (χ1v) is 4.85. The van der Waals surface area contributed by atoms with Gasteiger partial charge in [-0.3, -0.25) is 0 Å². The van der Waals surface area contributed by atoms with Gasteiger partial charge < -0.3 is 4.74 Å². The third-order valence-electron chi connectivity index (χ3n) is 1.37. The minimum Gasteiger partial charge on any atom is -0.493 e. The van der Waals surface area contributed by atoms with Gasteiger partial charge in [0, 0.05) is 0 Å². The summed E-state index contributed by atoms with van der Waals surface area (Å²) >= 11 is 0. The van der Waals surface area contributed by atoms with Gasteiger partial charge in [-0.05, 0) is 19.1 Å². The topological polar surface area (TPSA) is 52.3 Å². The fourth-order valence-corrected chi connectivity index (χ4v) is 1.43. The number of hydrogen-bond donors (Lipinski definition) is 1. The van der Waals surface area contributed by atoms with E-state index in [0.29, 0.717) is 17.3 Å². The Labute approximate surface area is 74.1 Å². The summed E-state index contributed by atoms with van der Waals surface area (Å²) in [5.41, 5.74) is 0. The van der Waals surface area contributed by atoms with Crippen LogP contribution >= 0.6 is 0 Å². The summed E-state index contributed by atoms with van der Waals surface area (Å²) < 4.78 is 16.2. The van der Waals surface area contributed by atoms with Crippen molar-refractivity contribution in [3.8, 4) is 5.75 Å². The van der Waals surface area contributed by atoms with Crippen molar-refractivity contribution in [2.45, 2.75) is 11.8 Å². The lowest BCUT2D eigenvalue weighted by Gasteiger charge is -2.06. The van der Waals surface area contributed by atoms with Crippen molar-refractivity contribution in [3.05, 3.63) is 24.3 Å². The van der Waals surface area contributed by atoms with Crippen LogP contribution in [0.1, 0.15) is 6.92 Å². The van der Waals surface area contributed by atoms with E-state index in [9.17, 15) is 4.21 Å². The lowest BCUT2D eigenvalue weighted by molar-refractivity contribution is 0.332. The van der Waals surface area contributed by atoms with E-state index in [4.69, 9.17) is 9.88 Å². The monoisotopic (exact) mass is 185 g/mol. The quantitative estimate of drug-likeness (QED) is 0.765. The summed E-state index contributed by atoms with van der Waals surface area (Å²) in [6, 6.07) is 7.05. The molecule has 0 spiro atoms. The molecule has 0 heterocycles. The summed E-state index contributed by atoms with van der Waals surface area (Å²) in [6.45, 7) is 2.42. The Morgan fingerprint density at radius 1 is 1.50 bits per heavy atom. The maximum atomic E-state index is 10.9. The predicted molar refractivity (Wildman–Crippen MR) is 48.2 cm³/mol. The van der Waals surface area contributed by atoms with Crippen molar-refractivity contribution in [2.75, 3.05) is 6.61 Å². The first kappa shape index (κ1) is 9.22. The number of para-hydroxylation sites is 1. The highest BCUT2D eigenvalue weighted by molar-refractivity contribution is 7.82. The van der Waals surface area contributed by atoms with Gasteiger partial charge in [-0.2, -0.15) is 0 Å². The number of ether oxygens (including phenoxy) is 1. The Balaban J connectivity index is 3.00. The zero-order chi connectivity index (χ0) is 8.97. The molecule has 1 aromatic carbocycles. The van der Waals surface area contributed by atoms with Crippen LogP contribution in [0.5, 0.6) is 5.75 Å². The zero-order valence-corrected chi connectivity index (χ0v) is 7.64. The van der Waals surface area contributed by atoms with E-state index in [2.05, 4.69) is 0 Å². The van der Waals surface area contributed by atoms with Crippen molar-refractivity contribution in [2.24, 2.45) is 5.14 Å². The molecule has 1 atom stereocenters. The highest BCUT2D eigenvalue weighted by Gasteiger charge is 2.04. The molecule has 0 aliphatic rings. The molecule has 0 unspecified atom stereocenters. The van der Waals surface area contributed by atoms with E-state index < -0.39 is 11.0 Å². The molecule has 1 rings (SSSR count). The largest absolute Gasteiger partial charge is 0.493 e. The zero-order valence-electron chi connectivity index (χ0n) is 6.82. The van der Waals surface area contributed by atoms with E-state index >= 15 is 0 Å². The van der Waals surface area contributed by atoms with Crippen LogP contribution < -0.4 is 9.88 Å². The molecule has 3 nitrogen and oxygen atoms in total. The smallest absolute Gasteiger partial charge is 0.136 e. The summed E-state index contributed by atoms with van der Waals surface area (Å²) in [5, 5.41) is 5.24. The molecule has 0 aromatic heterocycles. The number of rotatable bonds is 3. The summed E-state index contributed by atoms with van der Waals surface area (Å²) in [5.74, 6) is 0.598. The number of benzene rings is 1. The van der Waals surface area contributed by atoms with Gasteiger partial charge in [0.1, 0.15) is 16.7 Å². The van der Waals surface area contributed by atoms with Crippen LogP contribution in [0.15, 0.2) is 29.2 Å². The average molecular weight is 185 g/mol. The highest BCUT2D eigenvalue weighted by Crippen LogP contribution is 2.19. The van der Waals surface area contributed by atoms with Crippen molar-refractivity contribution in [3.63, 3.8) is 0 Å². The van der Waals surface area contributed by atoms with Crippen LogP contribution in [0.2, 0.25) is 0 Å². The molecule has 0 fully saturated rings. The molecular formula is C8H11NO2S. The van der Waals surface area contributed by atoms with E-state index in [1.165, 1.54) is 0 Å². The highest BCUT2D eigenvalue weighted by atomic mass is 32.2. The predicted octanol–water partition coefficient (Wildman–Crippen LogP) is 1.07.